The van der Waals surface area contributed by atoms with E-state index in [1.807, 2.05) is 0 Å². The first-order valence-electron chi connectivity index (χ1n) is 5.64. The maximum Gasteiger partial charge on any atom is 0.356 e. The summed E-state index contributed by atoms with van der Waals surface area (Å²) in [6, 6.07) is 2.48. The number of imide groups is 1. The van der Waals surface area contributed by atoms with Gasteiger partial charge in [0, 0.05) is 18.9 Å². The Balaban J connectivity index is 2.14. The van der Waals surface area contributed by atoms with Gasteiger partial charge < -0.3 is 10.1 Å². The molecule has 1 aromatic heterocycles. The molecule has 2 amide bonds. The van der Waals surface area contributed by atoms with Gasteiger partial charge in [0.1, 0.15) is 11.7 Å². The molecule has 7 nitrogen and oxygen atoms in total. The van der Waals surface area contributed by atoms with E-state index in [0.29, 0.717) is 5.69 Å². The molecule has 1 atom stereocenters. The highest BCUT2D eigenvalue weighted by atomic mass is 16.5. The van der Waals surface area contributed by atoms with Crippen molar-refractivity contribution in [1.82, 2.24) is 9.88 Å². The zero-order valence-electron chi connectivity index (χ0n) is 10.5. The number of hydrogen-bond acceptors (Lipinski definition) is 6. The number of aromatic nitrogens is 1. The zero-order valence-corrected chi connectivity index (χ0v) is 10.5. The molecule has 0 radical (unpaired) electrons. The quantitative estimate of drug-likeness (QED) is 0.611. The van der Waals surface area contributed by atoms with Crippen molar-refractivity contribution >= 4 is 23.5 Å². The van der Waals surface area contributed by atoms with Gasteiger partial charge in [0.25, 0.3) is 5.91 Å². The van der Waals surface area contributed by atoms with Crippen LogP contribution in [0.1, 0.15) is 16.9 Å². The maximum atomic E-state index is 11.7. The number of methoxy groups -OCH3 is 1. The molecule has 7 heteroatoms. The Labute approximate surface area is 109 Å². The van der Waals surface area contributed by atoms with Gasteiger partial charge in [0.05, 0.1) is 13.5 Å². The van der Waals surface area contributed by atoms with E-state index in [4.69, 9.17) is 0 Å². The normalized spacial score (nSPS) is 18.6. The van der Waals surface area contributed by atoms with Gasteiger partial charge in [-0.05, 0) is 12.1 Å². The number of nitrogens with one attached hydrogen (secondary N) is 1. The number of ether oxygens (including phenoxy) is 1. The van der Waals surface area contributed by atoms with Crippen LogP contribution in [0.3, 0.4) is 0 Å². The molecule has 0 bridgehead atoms. The zero-order chi connectivity index (χ0) is 14.0. The van der Waals surface area contributed by atoms with Gasteiger partial charge in [-0.2, -0.15) is 0 Å². The second kappa shape index (κ2) is 5.05. The van der Waals surface area contributed by atoms with Crippen molar-refractivity contribution in [3.05, 3.63) is 24.0 Å². The van der Waals surface area contributed by atoms with E-state index in [-0.39, 0.29) is 23.9 Å². The van der Waals surface area contributed by atoms with Crippen molar-refractivity contribution in [2.75, 3.05) is 19.5 Å². The maximum absolute atomic E-state index is 11.7. The number of hydrogen-bond donors (Lipinski definition) is 1. The Morgan fingerprint density at radius 2 is 2.26 bits per heavy atom. The number of likely N-dealkylation sites (tertiary alicyclic amines) is 1. The van der Waals surface area contributed by atoms with Gasteiger partial charge in [0.15, 0.2) is 0 Å². The third-order valence-electron chi connectivity index (χ3n) is 2.88. The molecule has 2 rings (SSSR count). The van der Waals surface area contributed by atoms with Crippen molar-refractivity contribution in [1.29, 1.82) is 0 Å². The van der Waals surface area contributed by atoms with Crippen molar-refractivity contribution < 1.29 is 19.1 Å². The van der Waals surface area contributed by atoms with Crippen LogP contribution in [0.4, 0.5) is 5.69 Å². The molecule has 1 aliphatic rings. The van der Waals surface area contributed by atoms with E-state index in [9.17, 15) is 14.4 Å². The van der Waals surface area contributed by atoms with E-state index in [2.05, 4.69) is 15.0 Å². The van der Waals surface area contributed by atoms with E-state index < -0.39 is 12.0 Å². The topological polar surface area (TPSA) is 88.6 Å². The number of nitrogens with zero attached hydrogens (tertiary/aromatic N) is 2. The lowest BCUT2D eigenvalue weighted by atomic mass is 10.2. The fraction of sp³-hybridized carbons (Fsp3) is 0.333. The highest BCUT2D eigenvalue weighted by Gasteiger charge is 2.35. The van der Waals surface area contributed by atoms with Crippen LogP contribution in [0.15, 0.2) is 18.3 Å². The van der Waals surface area contributed by atoms with Gasteiger partial charge in [-0.1, -0.05) is 0 Å². The average molecular weight is 263 g/mol. The highest BCUT2D eigenvalue weighted by Crippen LogP contribution is 2.17. The molecular weight excluding hydrogens is 250 g/mol. The summed E-state index contributed by atoms with van der Waals surface area (Å²) >= 11 is 0. The van der Waals surface area contributed by atoms with Crippen LogP contribution in [-0.2, 0) is 14.3 Å². The number of pyridine rings is 1. The Morgan fingerprint density at radius 1 is 1.53 bits per heavy atom. The minimum absolute atomic E-state index is 0.102. The fourth-order valence-corrected chi connectivity index (χ4v) is 1.81. The van der Waals surface area contributed by atoms with Crippen LogP contribution in [0.25, 0.3) is 0 Å². The summed E-state index contributed by atoms with van der Waals surface area (Å²) in [5.41, 5.74) is 0.675. The number of carbonyl (C=O) groups excluding carboxylic acids is 3. The third-order valence-corrected chi connectivity index (χ3v) is 2.88. The molecule has 0 aliphatic carbocycles. The van der Waals surface area contributed by atoms with Crippen LogP contribution in [-0.4, -0.2) is 47.9 Å². The second-order valence-electron chi connectivity index (χ2n) is 4.11. The molecule has 1 aliphatic heterocycles. The summed E-state index contributed by atoms with van der Waals surface area (Å²) in [6.07, 6.45) is 1.53. The van der Waals surface area contributed by atoms with Crippen LogP contribution in [0.2, 0.25) is 0 Å². The van der Waals surface area contributed by atoms with E-state index in [1.165, 1.54) is 26.4 Å². The Bertz CT molecular complexity index is 544. The van der Waals surface area contributed by atoms with E-state index >= 15 is 0 Å². The second-order valence-corrected chi connectivity index (χ2v) is 4.11. The largest absolute Gasteiger partial charge is 0.464 e. The predicted octanol–water partition coefficient (Wildman–Crippen LogP) is 0.0374. The Kier molecular flexibility index (Phi) is 3.46. The lowest BCUT2D eigenvalue weighted by Crippen LogP contribution is -2.31. The molecular formula is C12H13N3O4. The highest BCUT2D eigenvalue weighted by molar-refractivity contribution is 6.06. The summed E-state index contributed by atoms with van der Waals surface area (Å²) in [4.78, 5) is 39.4. The first kappa shape index (κ1) is 13.0. The smallest absolute Gasteiger partial charge is 0.356 e. The Hall–Kier alpha value is -2.44. The molecule has 100 valence electrons. The minimum atomic E-state index is -0.606. The summed E-state index contributed by atoms with van der Waals surface area (Å²) in [5, 5.41) is 2.91. The van der Waals surface area contributed by atoms with E-state index in [1.54, 1.807) is 6.07 Å². The molecule has 1 saturated heterocycles. The average Bonchev–Trinajstić information content (AvgIpc) is 2.66. The molecule has 2 heterocycles. The van der Waals surface area contributed by atoms with Gasteiger partial charge in [0.2, 0.25) is 5.91 Å². The number of amides is 2. The SMILES string of the molecule is COC(=O)c1cc(NC2CC(=O)N(C)C2=O)ccn1. The van der Waals surface area contributed by atoms with Crippen LogP contribution in [0, 0.1) is 0 Å². The lowest BCUT2D eigenvalue weighted by molar-refractivity contribution is -0.136. The van der Waals surface area contributed by atoms with Crippen molar-refractivity contribution in [3.63, 3.8) is 0 Å². The summed E-state index contributed by atoms with van der Waals surface area (Å²) in [6.45, 7) is 0. The molecule has 0 spiro atoms. The molecule has 1 N–H and O–H groups in total. The van der Waals surface area contributed by atoms with Crippen molar-refractivity contribution in [2.45, 2.75) is 12.5 Å². The summed E-state index contributed by atoms with van der Waals surface area (Å²) in [7, 11) is 2.71. The van der Waals surface area contributed by atoms with Gasteiger partial charge in [-0.3, -0.25) is 14.5 Å². The molecule has 0 saturated carbocycles. The molecule has 1 aromatic rings. The number of likely N-dealkylation sites (N-methyl/N-ethyl adjacent to an activating group) is 1. The number of esters is 1. The summed E-state index contributed by atoms with van der Waals surface area (Å²) in [5.74, 6) is -1.08. The van der Waals surface area contributed by atoms with Gasteiger partial charge in [-0.25, -0.2) is 9.78 Å². The Morgan fingerprint density at radius 3 is 2.84 bits per heavy atom. The first-order valence-corrected chi connectivity index (χ1v) is 5.64. The van der Waals surface area contributed by atoms with Crippen LogP contribution >= 0.6 is 0 Å². The van der Waals surface area contributed by atoms with Crippen LogP contribution < -0.4 is 5.32 Å². The molecule has 1 fully saturated rings. The number of rotatable bonds is 3. The monoisotopic (exact) mass is 263 g/mol. The predicted molar refractivity (Wildman–Crippen MR) is 65.4 cm³/mol. The standard InChI is InChI=1S/C12H13N3O4/c1-15-10(16)6-8(11(15)17)14-7-3-4-13-9(5-7)12(18)19-2/h3-5,8H,6H2,1-2H3,(H,13,14). The fourth-order valence-electron chi connectivity index (χ4n) is 1.81. The third kappa shape index (κ3) is 2.54. The molecule has 0 aromatic carbocycles. The van der Waals surface area contributed by atoms with Gasteiger partial charge in [-0.15, -0.1) is 0 Å². The molecule has 1 unspecified atom stereocenters. The van der Waals surface area contributed by atoms with E-state index in [0.717, 1.165) is 4.90 Å². The van der Waals surface area contributed by atoms with Crippen LogP contribution in [0.5, 0.6) is 0 Å². The van der Waals surface area contributed by atoms with Gasteiger partial charge >= 0.3 is 5.97 Å². The number of anilines is 1. The molecule has 19 heavy (non-hydrogen) atoms. The minimum Gasteiger partial charge on any atom is -0.464 e. The first-order chi connectivity index (χ1) is 9.02. The summed E-state index contributed by atoms with van der Waals surface area (Å²) < 4.78 is 4.56. The number of carbonyl (C=O) groups is 3. The van der Waals surface area contributed by atoms with Crippen molar-refractivity contribution in [3.8, 4) is 0 Å². The lowest BCUT2D eigenvalue weighted by Gasteiger charge is -2.12. The van der Waals surface area contributed by atoms with Crippen molar-refractivity contribution in [2.24, 2.45) is 0 Å².